The van der Waals surface area contributed by atoms with Gasteiger partial charge >= 0.3 is 5.97 Å². The van der Waals surface area contributed by atoms with E-state index in [1.165, 1.54) is 18.2 Å². The maximum absolute atomic E-state index is 13.3. The lowest BCUT2D eigenvalue weighted by atomic mass is 10.1. The number of rotatable bonds is 9. The van der Waals surface area contributed by atoms with Gasteiger partial charge in [-0.3, -0.25) is 0 Å². The monoisotopic (exact) mass is 521 g/mol. The fourth-order valence-electron chi connectivity index (χ4n) is 4.01. The minimum atomic E-state index is -3.48. The molecule has 0 aliphatic carbocycles. The molecule has 0 radical (unpaired) electrons. The Balaban J connectivity index is 1.82. The van der Waals surface area contributed by atoms with Gasteiger partial charge in [0.2, 0.25) is 0 Å². The molecule has 0 spiro atoms. The number of aryl methyl sites for hydroxylation is 1. The van der Waals surface area contributed by atoms with Crippen LogP contribution in [-0.4, -0.2) is 31.3 Å². The van der Waals surface area contributed by atoms with E-state index >= 15 is 0 Å². The number of benzene rings is 3. The average molecular weight is 522 g/mol. The summed E-state index contributed by atoms with van der Waals surface area (Å²) in [5, 5.41) is 0. The Labute approximate surface area is 216 Å². The van der Waals surface area contributed by atoms with Gasteiger partial charge in [0.15, 0.2) is 9.84 Å². The molecule has 0 bridgehead atoms. The standard InChI is InChI=1S/C29H28FNO5S/c1-4-35-29(32)22-7-6-8-24(17-22)31-20(3)9-15-27(31)26-18-25(37(33,34)5-2)14-16-28(26)36-19-21-10-12-23(30)13-11-21/h6-18H,4-5,19H2,1-3H3. The number of halogens is 1. The Morgan fingerprint density at radius 1 is 0.946 bits per heavy atom. The van der Waals surface area contributed by atoms with Crippen LogP contribution >= 0.6 is 0 Å². The SMILES string of the molecule is CCOC(=O)c1cccc(-n2c(C)ccc2-c2cc(S(=O)(=O)CC)ccc2OCc2ccc(F)cc2)c1. The van der Waals surface area contributed by atoms with E-state index in [4.69, 9.17) is 9.47 Å². The molecule has 0 saturated carbocycles. The van der Waals surface area contributed by atoms with E-state index < -0.39 is 15.8 Å². The van der Waals surface area contributed by atoms with Crippen LogP contribution in [0.25, 0.3) is 16.9 Å². The smallest absolute Gasteiger partial charge is 0.338 e. The molecule has 1 heterocycles. The number of hydrogen-bond acceptors (Lipinski definition) is 5. The fourth-order valence-corrected chi connectivity index (χ4v) is 4.92. The van der Waals surface area contributed by atoms with Gasteiger partial charge < -0.3 is 14.0 Å². The number of carbonyl (C=O) groups is 1. The van der Waals surface area contributed by atoms with Crippen LogP contribution in [0.5, 0.6) is 5.75 Å². The van der Waals surface area contributed by atoms with Gasteiger partial charge in [0.1, 0.15) is 18.2 Å². The summed E-state index contributed by atoms with van der Waals surface area (Å²) in [7, 11) is -3.48. The number of nitrogens with zero attached hydrogens (tertiary/aromatic N) is 1. The molecule has 3 aromatic carbocycles. The van der Waals surface area contributed by atoms with Gasteiger partial charge in [0.05, 0.1) is 28.5 Å². The predicted octanol–water partition coefficient (Wildman–Crippen LogP) is 6.14. The minimum absolute atomic E-state index is 0.0378. The molecule has 0 unspecified atom stereocenters. The van der Waals surface area contributed by atoms with E-state index in [0.717, 1.165) is 16.9 Å². The van der Waals surface area contributed by atoms with Gasteiger partial charge in [-0.2, -0.15) is 0 Å². The Bertz CT molecular complexity index is 1520. The summed E-state index contributed by atoms with van der Waals surface area (Å²) in [4.78, 5) is 12.5. The third kappa shape index (κ3) is 5.75. The van der Waals surface area contributed by atoms with Gasteiger partial charge in [-0.15, -0.1) is 0 Å². The van der Waals surface area contributed by atoms with Gasteiger partial charge in [0.25, 0.3) is 0 Å². The summed E-state index contributed by atoms with van der Waals surface area (Å²) < 4.78 is 51.9. The van der Waals surface area contributed by atoms with Crippen molar-refractivity contribution in [1.29, 1.82) is 0 Å². The molecule has 1 aromatic heterocycles. The highest BCUT2D eigenvalue weighted by atomic mass is 32.2. The van der Waals surface area contributed by atoms with E-state index in [-0.39, 0.29) is 29.7 Å². The first kappa shape index (κ1) is 26.2. The Morgan fingerprint density at radius 2 is 1.70 bits per heavy atom. The summed E-state index contributed by atoms with van der Waals surface area (Å²) in [5.41, 5.74) is 4.05. The first-order chi connectivity index (χ1) is 17.7. The molecule has 37 heavy (non-hydrogen) atoms. The number of carbonyl (C=O) groups excluding carboxylic acids is 1. The second-order valence-corrected chi connectivity index (χ2v) is 10.7. The number of aromatic nitrogens is 1. The molecule has 0 fully saturated rings. The van der Waals surface area contributed by atoms with Crippen LogP contribution in [0.2, 0.25) is 0 Å². The van der Waals surface area contributed by atoms with Crippen LogP contribution in [-0.2, 0) is 21.2 Å². The number of ether oxygens (including phenoxy) is 2. The summed E-state index contributed by atoms with van der Waals surface area (Å²) in [6.07, 6.45) is 0. The summed E-state index contributed by atoms with van der Waals surface area (Å²) in [6, 6.07) is 21.6. The van der Waals surface area contributed by atoms with Gasteiger partial charge in [-0.05, 0) is 80.1 Å². The van der Waals surface area contributed by atoms with Crippen LogP contribution in [0.15, 0.2) is 83.8 Å². The zero-order chi connectivity index (χ0) is 26.6. The minimum Gasteiger partial charge on any atom is -0.488 e. The van der Waals surface area contributed by atoms with E-state index in [0.29, 0.717) is 22.6 Å². The van der Waals surface area contributed by atoms with Crippen molar-refractivity contribution < 1.29 is 27.1 Å². The van der Waals surface area contributed by atoms with E-state index in [1.54, 1.807) is 56.3 Å². The maximum atomic E-state index is 13.3. The van der Waals surface area contributed by atoms with Crippen molar-refractivity contribution in [2.24, 2.45) is 0 Å². The van der Waals surface area contributed by atoms with Crippen molar-refractivity contribution >= 4 is 15.8 Å². The topological polar surface area (TPSA) is 74.6 Å². The predicted molar refractivity (Wildman–Crippen MR) is 140 cm³/mol. The molecule has 8 heteroatoms. The summed E-state index contributed by atoms with van der Waals surface area (Å²) >= 11 is 0. The first-order valence-corrected chi connectivity index (χ1v) is 13.6. The number of esters is 1. The maximum Gasteiger partial charge on any atom is 0.338 e. The summed E-state index contributed by atoms with van der Waals surface area (Å²) in [6.45, 7) is 5.71. The van der Waals surface area contributed by atoms with Crippen LogP contribution in [0, 0.1) is 12.7 Å². The zero-order valence-corrected chi connectivity index (χ0v) is 21.7. The van der Waals surface area contributed by atoms with Crippen molar-refractivity contribution in [1.82, 2.24) is 4.57 Å². The second-order valence-electron chi connectivity index (χ2n) is 8.44. The van der Waals surface area contributed by atoms with Crippen molar-refractivity contribution in [2.45, 2.75) is 32.3 Å². The van der Waals surface area contributed by atoms with Crippen molar-refractivity contribution in [3.8, 4) is 22.7 Å². The van der Waals surface area contributed by atoms with Crippen LogP contribution in [0.3, 0.4) is 0 Å². The molecule has 4 rings (SSSR count). The number of hydrogen-bond donors (Lipinski definition) is 0. The molecule has 0 aliphatic heterocycles. The molecular weight excluding hydrogens is 493 g/mol. The first-order valence-electron chi connectivity index (χ1n) is 11.9. The average Bonchev–Trinajstić information content (AvgIpc) is 3.29. The van der Waals surface area contributed by atoms with Crippen LogP contribution < -0.4 is 4.74 Å². The molecule has 0 aliphatic rings. The zero-order valence-electron chi connectivity index (χ0n) is 20.9. The van der Waals surface area contributed by atoms with Crippen molar-refractivity contribution in [2.75, 3.05) is 12.4 Å². The largest absolute Gasteiger partial charge is 0.488 e. The van der Waals surface area contributed by atoms with Gasteiger partial charge in [-0.25, -0.2) is 17.6 Å². The highest BCUT2D eigenvalue weighted by molar-refractivity contribution is 7.91. The number of sulfone groups is 1. The Hall–Kier alpha value is -3.91. The van der Waals surface area contributed by atoms with Gasteiger partial charge in [-0.1, -0.05) is 25.1 Å². The van der Waals surface area contributed by atoms with Gasteiger partial charge in [0, 0.05) is 16.9 Å². The van der Waals surface area contributed by atoms with Crippen molar-refractivity contribution in [3.63, 3.8) is 0 Å². The lowest BCUT2D eigenvalue weighted by molar-refractivity contribution is 0.0526. The molecule has 192 valence electrons. The Morgan fingerprint density at radius 3 is 2.41 bits per heavy atom. The normalized spacial score (nSPS) is 11.4. The van der Waals surface area contributed by atoms with Crippen LogP contribution in [0.1, 0.15) is 35.5 Å². The van der Waals surface area contributed by atoms with E-state index in [9.17, 15) is 17.6 Å². The third-order valence-corrected chi connectivity index (χ3v) is 7.70. The molecule has 4 aromatic rings. The summed E-state index contributed by atoms with van der Waals surface area (Å²) in [5.74, 6) is -0.323. The van der Waals surface area contributed by atoms with Crippen molar-refractivity contribution in [3.05, 3.63) is 102 Å². The highest BCUT2D eigenvalue weighted by Crippen LogP contribution is 2.36. The molecule has 6 nitrogen and oxygen atoms in total. The molecular formula is C29H28FNO5S. The van der Waals surface area contributed by atoms with E-state index in [1.807, 2.05) is 29.7 Å². The molecule has 0 atom stereocenters. The molecule has 0 N–H and O–H groups in total. The van der Waals surface area contributed by atoms with E-state index in [2.05, 4.69) is 0 Å². The second kappa shape index (κ2) is 11.0. The quantitative estimate of drug-likeness (QED) is 0.247. The third-order valence-electron chi connectivity index (χ3n) is 5.97. The highest BCUT2D eigenvalue weighted by Gasteiger charge is 2.20. The van der Waals surface area contributed by atoms with Crippen LogP contribution in [0.4, 0.5) is 4.39 Å². The Kier molecular flexibility index (Phi) is 7.78. The lowest BCUT2D eigenvalue weighted by Crippen LogP contribution is -2.08. The lowest BCUT2D eigenvalue weighted by Gasteiger charge is -2.17. The fraction of sp³-hybridized carbons (Fsp3) is 0.207. The molecule has 0 amide bonds. The molecule has 0 saturated heterocycles.